The molecule has 1 aliphatic rings. The van der Waals surface area contributed by atoms with Gasteiger partial charge in [0, 0.05) is 44.4 Å². The maximum Gasteiger partial charge on any atom is 0.123 e. The molecule has 0 aliphatic carbocycles. The van der Waals surface area contributed by atoms with E-state index in [-0.39, 0.29) is 6.04 Å². The van der Waals surface area contributed by atoms with E-state index in [2.05, 4.69) is 73.6 Å². The van der Waals surface area contributed by atoms with E-state index in [9.17, 15) is 0 Å². The number of fused-ring (bicyclic) bond motifs is 1. The zero-order chi connectivity index (χ0) is 25.2. The second-order valence-electron chi connectivity index (χ2n) is 10.3. The lowest BCUT2D eigenvalue weighted by molar-refractivity contribution is 0.181. The molecule has 0 spiro atoms. The molecule has 1 unspecified atom stereocenters. The van der Waals surface area contributed by atoms with Crippen LogP contribution in [0.15, 0.2) is 43.0 Å². The number of imidazole rings is 2. The molecule has 1 atom stereocenters. The maximum atomic E-state index is 4.51. The van der Waals surface area contributed by atoms with Crippen LogP contribution in [0.3, 0.4) is 0 Å². The molecule has 3 aromatic rings. The Bertz CT molecular complexity index is 993. The molecule has 0 fully saturated rings. The molecule has 1 aromatic carbocycles. The van der Waals surface area contributed by atoms with Gasteiger partial charge in [0.25, 0.3) is 0 Å². The van der Waals surface area contributed by atoms with Crippen molar-refractivity contribution in [3.8, 4) is 0 Å². The number of rotatable bonds is 15. The molecule has 0 saturated carbocycles. The monoisotopic (exact) mass is 491 g/mol. The van der Waals surface area contributed by atoms with E-state index in [1.807, 2.05) is 24.8 Å². The van der Waals surface area contributed by atoms with Gasteiger partial charge in [-0.05, 0) is 81.9 Å². The lowest BCUT2D eigenvalue weighted by Gasteiger charge is -2.31. The van der Waals surface area contributed by atoms with Crippen molar-refractivity contribution in [1.29, 1.82) is 0 Å². The summed E-state index contributed by atoms with van der Waals surface area (Å²) >= 11 is 0. The van der Waals surface area contributed by atoms with Crippen LogP contribution in [0.25, 0.3) is 0 Å². The average Bonchev–Trinajstić information content (AvgIpc) is 3.61. The largest absolute Gasteiger partial charge is 0.348 e. The SMILES string of the molecule is CCCN(CCC)CCCCN1CCc2cc(CN(Cc3ncc[nH]3)C(C)c3ncc[nH]3)ccc2C1. The van der Waals surface area contributed by atoms with Crippen LogP contribution < -0.4 is 0 Å². The number of hydrogen-bond donors (Lipinski definition) is 2. The van der Waals surface area contributed by atoms with Gasteiger partial charge in [-0.15, -0.1) is 0 Å². The number of benzene rings is 1. The summed E-state index contributed by atoms with van der Waals surface area (Å²) in [5.41, 5.74) is 4.38. The molecule has 2 aromatic heterocycles. The summed E-state index contributed by atoms with van der Waals surface area (Å²) in [7, 11) is 0. The van der Waals surface area contributed by atoms with Crippen molar-refractivity contribution in [2.75, 3.05) is 32.7 Å². The van der Waals surface area contributed by atoms with Crippen LogP contribution in [0.1, 0.15) is 80.8 Å². The Kier molecular flexibility index (Phi) is 10.1. The van der Waals surface area contributed by atoms with Crippen molar-refractivity contribution in [2.45, 2.75) is 78.6 Å². The van der Waals surface area contributed by atoms with E-state index < -0.39 is 0 Å². The van der Waals surface area contributed by atoms with Crippen molar-refractivity contribution < 1.29 is 0 Å². The Labute approximate surface area is 217 Å². The summed E-state index contributed by atoms with van der Waals surface area (Å²) in [5.74, 6) is 1.97. The maximum absolute atomic E-state index is 4.51. The highest BCUT2D eigenvalue weighted by Crippen LogP contribution is 2.25. The van der Waals surface area contributed by atoms with Gasteiger partial charge in [-0.25, -0.2) is 9.97 Å². The molecule has 196 valence electrons. The van der Waals surface area contributed by atoms with Crippen molar-refractivity contribution in [1.82, 2.24) is 34.6 Å². The molecule has 0 amide bonds. The predicted octanol–water partition coefficient (Wildman–Crippen LogP) is 5.16. The second kappa shape index (κ2) is 13.7. The van der Waals surface area contributed by atoms with E-state index in [4.69, 9.17) is 0 Å². The van der Waals surface area contributed by atoms with Crippen LogP contribution in [-0.2, 0) is 26.1 Å². The Hall–Kier alpha value is -2.48. The van der Waals surface area contributed by atoms with Crippen LogP contribution in [0.5, 0.6) is 0 Å². The van der Waals surface area contributed by atoms with Gasteiger partial charge in [-0.1, -0.05) is 32.0 Å². The van der Waals surface area contributed by atoms with Crippen LogP contribution in [-0.4, -0.2) is 67.4 Å². The molecule has 7 nitrogen and oxygen atoms in total. The minimum Gasteiger partial charge on any atom is -0.348 e. The van der Waals surface area contributed by atoms with Crippen LogP contribution in [0.2, 0.25) is 0 Å². The Morgan fingerprint density at radius 3 is 2.47 bits per heavy atom. The molecule has 0 saturated heterocycles. The highest BCUT2D eigenvalue weighted by Gasteiger charge is 2.21. The van der Waals surface area contributed by atoms with Gasteiger partial charge in [0.2, 0.25) is 0 Å². The molecule has 0 radical (unpaired) electrons. The minimum atomic E-state index is 0.169. The third kappa shape index (κ3) is 7.51. The van der Waals surface area contributed by atoms with E-state index in [0.29, 0.717) is 0 Å². The number of nitrogens with zero attached hydrogens (tertiary/aromatic N) is 5. The van der Waals surface area contributed by atoms with Crippen LogP contribution >= 0.6 is 0 Å². The van der Waals surface area contributed by atoms with Gasteiger partial charge in [-0.3, -0.25) is 9.80 Å². The number of hydrogen-bond acceptors (Lipinski definition) is 5. The Morgan fingerprint density at radius 2 is 1.75 bits per heavy atom. The van der Waals surface area contributed by atoms with Crippen molar-refractivity contribution in [3.05, 3.63) is 71.3 Å². The first-order valence-electron chi connectivity index (χ1n) is 13.9. The normalized spacial score (nSPS) is 15.0. The molecule has 3 heterocycles. The highest BCUT2D eigenvalue weighted by atomic mass is 15.2. The third-order valence-corrected chi connectivity index (χ3v) is 7.40. The third-order valence-electron chi connectivity index (χ3n) is 7.40. The molecule has 2 N–H and O–H groups in total. The van der Waals surface area contributed by atoms with Crippen LogP contribution in [0, 0.1) is 0 Å². The number of aromatic amines is 2. The summed E-state index contributed by atoms with van der Waals surface area (Å²) in [4.78, 5) is 23.2. The molecule has 4 rings (SSSR count). The van der Waals surface area contributed by atoms with Gasteiger partial charge in [0.1, 0.15) is 11.6 Å². The number of nitrogens with one attached hydrogen (secondary N) is 2. The van der Waals surface area contributed by atoms with Crippen molar-refractivity contribution in [2.24, 2.45) is 0 Å². The van der Waals surface area contributed by atoms with E-state index in [0.717, 1.165) is 37.7 Å². The highest BCUT2D eigenvalue weighted by molar-refractivity contribution is 5.34. The lowest BCUT2D eigenvalue weighted by Crippen LogP contribution is -2.32. The summed E-state index contributed by atoms with van der Waals surface area (Å²) in [6.07, 6.45) is 13.7. The number of aromatic nitrogens is 4. The predicted molar refractivity (Wildman–Crippen MR) is 147 cm³/mol. The fourth-order valence-corrected chi connectivity index (χ4v) is 5.41. The summed E-state index contributed by atoms with van der Waals surface area (Å²) < 4.78 is 0. The minimum absolute atomic E-state index is 0.169. The molecular weight excluding hydrogens is 446 g/mol. The van der Waals surface area contributed by atoms with E-state index in [1.165, 1.54) is 75.1 Å². The fourth-order valence-electron chi connectivity index (χ4n) is 5.41. The summed E-state index contributed by atoms with van der Waals surface area (Å²) in [6, 6.07) is 7.29. The van der Waals surface area contributed by atoms with Gasteiger partial charge in [-0.2, -0.15) is 0 Å². The zero-order valence-corrected chi connectivity index (χ0v) is 22.5. The molecular formula is C29H45N7. The van der Waals surface area contributed by atoms with Crippen molar-refractivity contribution >= 4 is 0 Å². The van der Waals surface area contributed by atoms with Gasteiger partial charge in [0.05, 0.1) is 12.6 Å². The number of H-pyrrole nitrogens is 2. The lowest BCUT2D eigenvalue weighted by atomic mass is 9.96. The van der Waals surface area contributed by atoms with E-state index in [1.54, 1.807) is 0 Å². The molecule has 0 bridgehead atoms. The first-order valence-corrected chi connectivity index (χ1v) is 13.9. The smallest absolute Gasteiger partial charge is 0.123 e. The fraction of sp³-hybridized carbons (Fsp3) is 0.586. The van der Waals surface area contributed by atoms with Crippen molar-refractivity contribution in [3.63, 3.8) is 0 Å². The summed E-state index contributed by atoms with van der Waals surface area (Å²) in [5, 5.41) is 0. The standard InChI is InChI=1S/C29H45N7/c1-4-15-34(16-5-2)17-6-7-18-35-19-10-26-20-25(8-9-27(26)22-35)21-36(23-28-30-11-12-31-28)24(3)29-32-13-14-33-29/h8-9,11-14,20,24H,4-7,10,15-19,21-23H2,1-3H3,(H,30,31)(H,32,33). The quantitative estimate of drug-likeness (QED) is 0.288. The molecule has 36 heavy (non-hydrogen) atoms. The first kappa shape index (κ1) is 26.6. The zero-order valence-electron chi connectivity index (χ0n) is 22.5. The number of unbranched alkanes of at least 4 members (excludes halogenated alkanes) is 1. The summed E-state index contributed by atoms with van der Waals surface area (Å²) in [6.45, 7) is 15.6. The molecule has 1 aliphatic heterocycles. The van der Waals surface area contributed by atoms with Gasteiger partial charge < -0.3 is 14.9 Å². The van der Waals surface area contributed by atoms with Crippen LogP contribution in [0.4, 0.5) is 0 Å². The topological polar surface area (TPSA) is 67.1 Å². The molecule has 7 heteroatoms. The Balaban J connectivity index is 1.31. The van der Waals surface area contributed by atoms with Gasteiger partial charge >= 0.3 is 0 Å². The second-order valence-corrected chi connectivity index (χ2v) is 10.3. The van der Waals surface area contributed by atoms with Gasteiger partial charge in [0.15, 0.2) is 0 Å². The Morgan fingerprint density at radius 1 is 0.944 bits per heavy atom. The average molecular weight is 492 g/mol. The van der Waals surface area contributed by atoms with E-state index >= 15 is 0 Å². The first-order chi connectivity index (χ1) is 17.7.